The monoisotopic (exact) mass is 995 g/mol. The number of carbonyl (C=O) groups excluding carboxylic acids is 5. The molecule has 1 spiro atoms. The molecule has 1 atom stereocenters. The van der Waals surface area contributed by atoms with Crippen LogP contribution in [0.15, 0.2) is 48.8 Å². The summed E-state index contributed by atoms with van der Waals surface area (Å²) >= 11 is 0. The van der Waals surface area contributed by atoms with Crippen molar-refractivity contribution in [1.29, 1.82) is 0 Å². The molecule has 2 aromatic carbocycles. The standard InChI is InChI=1S/C57H71FN10O5/c1-35(2)67-34-59-46-33-45(61-51(50(46)67)60-39-9-10-39)38-7-12-43-48(30-38)68(41-31-40(32-41)63-21-5-4-6-22-63)55(73)57(43)19-27-66(28-20-57)54(72)56(3)17-25-65(26-18-56)53(71)36-15-23-64(24-16-36)47-13-8-37(29-44(47)58)42-11-14-49(69)62-52(42)70/h7-8,12-13,29-30,33-36,39-42H,4-6,9-11,14-28,31-32H2,1-3H3,(H,60,61)(H,62,69,70). The summed E-state index contributed by atoms with van der Waals surface area (Å²) in [6.45, 7) is 11.8. The number of hydrogen-bond donors (Lipinski definition) is 2. The van der Waals surface area contributed by atoms with Gasteiger partial charge in [-0.3, -0.25) is 29.3 Å². The van der Waals surface area contributed by atoms with Crippen molar-refractivity contribution in [2.24, 2.45) is 11.3 Å². The number of rotatable bonds is 10. The van der Waals surface area contributed by atoms with Gasteiger partial charge in [-0.15, -0.1) is 0 Å². The first-order valence-corrected chi connectivity index (χ1v) is 27.6. The summed E-state index contributed by atoms with van der Waals surface area (Å²) in [7, 11) is 0. The number of nitrogens with zero attached hydrogens (tertiary/aromatic N) is 8. The summed E-state index contributed by atoms with van der Waals surface area (Å²) < 4.78 is 17.7. The number of pyridine rings is 1. The molecule has 1 unspecified atom stereocenters. The molecule has 5 amide bonds. The maximum Gasteiger partial charge on any atom is 0.238 e. The molecule has 5 saturated heterocycles. The summed E-state index contributed by atoms with van der Waals surface area (Å²) in [5, 5.41) is 6.05. The van der Waals surface area contributed by atoms with E-state index in [1.807, 2.05) is 21.0 Å². The van der Waals surface area contributed by atoms with E-state index in [0.29, 0.717) is 108 Å². The van der Waals surface area contributed by atoms with Crippen molar-refractivity contribution in [2.45, 2.75) is 153 Å². The van der Waals surface area contributed by atoms with Crippen molar-refractivity contribution in [1.82, 2.24) is 34.6 Å². The van der Waals surface area contributed by atoms with Crippen LogP contribution in [-0.4, -0.2) is 129 Å². The Balaban J connectivity index is 0.707. The first-order valence-electron chi connectivity index (χ1n) is 27.6. The molecule has 6 aliphatic heterocycles. The average molecular weight is 995 g/mol. The number of amides is 5. The Hall–Kier alpha value is -5.90. The lowest BCUT2D eigenvalue weighted by molar-refractivity contribution is -0.150. The maximum atomic E-state index is 15.5. The van der Waals surface area contributed by atoms with E-state index in [9.17, 15) is 19.2 Å². The minimum Gasteiger partial charge on any atom is -0.369 e. The molecular weight excluding hydrogens is 924 g/mol. The Kier molecular flexibility index (Phi) is 12.4. The van der Waals surface area contributed by atoms with Gasteiger partial charge in [0.15, 0.2) is 5.82 Å². The van der Waals surface area contributed by atoms with Crippen LogP contribution in [0.2, 0.25) is 0 Å². The number of aromatic nitrogens is 3. The predicted molar refractivity (Wildman–Crippen MR) is 278 cm³/mol. The van der Waals surface area contributed by atoms with E-state index in [1.165, 1.54) is 25.3 Å². The second-order valence-corrected chi connectivity index (χ2v) is 23.4. The molecule has 2 saturated carbocycles. The molecule has 2 aromatic heterocycles. The Morgan fingerprint density at radius 2 is 1.52 bits per heavy atom. The van der Waals surface area contributed by atoms with E-state index in [1.54, 1.807) is 12.1 Å². The molecule has 2 aliphatic carbocycles. The first kappa shape index (κ1) is 48.1. The number of fused-ring (bicyclic) bond motifs is 3. The fourth-order valence-corrected chi connectivity index (χ4v) is 13.6. The van der Waals surface area contributed by atoms with Gasteiger partial charge in [-0.25, -0.2) is 14.4 Å². The van der Waals surface area contributed by atoms with Crippen molar-refractivity contribution in [2.75, 3.05) is 67.5 Å². The van der Waals surface area contributed by atoms with Crippen molar-refractivity contribution >= 4 is 57.8 Å². The van der Waals surface area contributed by atoms with Crippen LogP contribution in [0.25, 0.3) is 22.3 Å². The highest BCUT2D eigenvalue weighted by molar-refractivity contribution is 6.09. The molecule has 0 radical (unpaired) electrons. The van der Waals surface area contributed by atoms with Crippen molar-refractivity contribution < 1.29 is 28.4 Å². The molecule has 8 aliphatic rings. The van der Waals surface area contributed by atoms with Crippen molar-refractivity contribution in [3.63, 3.8) is 0 Å². The Labute approximate surface area is 427 Å². The van der Waals surface area contributed by atoms with Crippen molar-refractivity contribution in [3.05, 3.63) is 65.7 Å². The number of imidazole rings is 1. The molecule has 16 heteroatoms. The highest BCUT2D eigenvalue weighted by atomic mass is 19.1. The Bertz CT molecular complexity index is 2840. The topological polar surface area (TPSA) is 156 Å². The average Bonchev–Trinajstić information content (AvgIpc) is 4.05. The SMILES string of the molecule is CC(C)n1cnc2cc(-c3ccc4c(c3)N(C3CC(N5CCCCC5)C3)C(=O)C43CCN(C(=O)C4(C)CCN(C(=O)C5CCN(c6ccc(C7CCC(=O)NC7=O)cc6F)CC5)CC4)CC3)nc(NC3CC3)c21. The summed E-state index contributed by atoms with van der Waals surface area (Å²) in [6.07, 6.45) is 14.0. The van der Waals surface area contributed by atoms with Gasteiger partial charge in [-0.05, 0) is 146 Å². The summed E-state index contributed by atoms with van der Waals surface area (Å²) in [4.78, 5) is 88.7. The van der Waals surface area contributed by atoms with E-state index in [0.717, 1.165) is 78.1 Å². The molecule has 12 rings (SSSR count). The fraction of sp³-hybridized carbons (Fsp3) is 0.596. The largest absolute Gasteiger partial charge is 0.369 e. The second kappa shape index (κ2) is 18.8. The van der Waals surface area contributed by atoms with Crippen LogP contribution in [-0.2, 0) is 29.4 Å². The number of anilines is 3. The number of hydrogen-bond acceptors (Lipinski definition) is 10. The zero-order valence-electron chi connectivity index (χ0n) is 42.8. The Morgan fingerprint density at radius 1 is 0.795 bits per heavy atom. The van der Waals surface area contributed by atoms with Gasteiger partial charge >= 0.3 is 0 Å². The minimum atomic E-state index is -0.704. The zero-order chi connectivity index (χ0) is 50.3. The van der Waals surface area contributed by atoms with Crippen LogP contribution in [0, 0.1) is 17.2 Å². The van der Waals surface area contributed by atoms with Crippen LogP contribution in [0.5, 0.6) is 0 Å². The second-order valence-electron chi connectivity index (χ2n) is 23.4. The highest BCUT2D eigenvalue weighted by Crippen LogP contribution is 2.53. The molecule has 0 bridgehead atoms. The summed E-state index contributed by atoms with van der Waals surface area (Å²) in [6, 6.07) is 14.8. The third-order valence-electron chi connectivity index (χ3n) is 18.5. The molecular formula is C57H71FN10O5. The summed E-state index contributed by atoms with van der Waals surface area (Å²) in [5.74, 6) is -0.549. The van der Waals surface area contributed by atoms with Crippen molar-refractivity contribution in [3.8, 4) is 11.3 Å². The van der Waals surface area contributed by atoms with E-state index in [2.05, 4.69) is 70.0 Å². The molecule has 15 nitrogen and oxygen atoms in total. The molecule has 73 heavy (non-hydrogen) atoms. The van der Waals surface area contributed by atoms with Crippen LogP contribution in [0.3, 0.4) is 0 Å². The molecule has 2 N–H and O–H groups in total. The van der Waals surface area contributed by atoms with Crippen LogP contribution in [0.4, 0.5) is 21.6 Å². The van der Waals surface area contributed by atoms with Gasteiger partial charge in [-0.1, -0.05) is 31.5 Å². The lowest BCUT2D eigenvalue weighted by Crippen LogP contribution is -2.59. The van der Waals surface area contributed by atoms with E-state index < -0.39 is 22.6 Å². The molecule has 8 heterocycles. The molecule has 4 aromatic rings. The molecule has 386 valence electrons. The van der Waals surface area contributed by atoms with Crippen LogP contribution in [0.1, 0.15) is 140 Å². The van der Waals surface area contributed by atoms with Gasteiger partial charge in [0.2, 0.25) is 29.5 Å². The van der Waals surface area contributed by atoms with E-state index in [4.69, 9.17) is 9.97 Å². The van der Waals surface area contributed by atoms with Gasteiger partial charge in [-0.2, -0.15) is 0 Å². The van der Waals surface area contributed by atoms with Gasteiger partial charge in [0.05, 0.1) is 34.6 Å². The van der Waals surface area contributed by atoms with E-state index in [-0.39, 0.29) is 54.0 Å². The minimum absolute atomic E-state index is 0.108. The zero-order valence-corrected chi connectivity index (χ0v) is 42.8. The summed E-state index contributed by atoms with van der Waals surface area (Å²) in [5.41, 5.74) is 5.53. The Morgan fingerprint density at radius 3 is 2.21 bits per heavy atom. The first-order chi connectivity index (χ1) is 35.3. The number of benzene rings is 2. The van der Waals surface area contributed by atoms with E-state index >= 15 is 9.18 Å². The number of imide groups is 1. The number of piperidine rings is 5. The number of likely N-dealkylation sites (tertiary alicyclic amines) is 3. The number of halogens is 1. The smallest absolute Gasteiger partial charge is 0.238 e. The predicted octanol–water partition coefficient (Wildman–Crippen LogP) is 7.68. The highest BCUT2D eigenvalue weighted by Gasteiger charge is 2.57. The third kappa shape index (κ3) is 8.66. The maximum absolute atomic E-state index is 15.5. The third-order valence-corrected chi connectivity index (χ3v) is 18.5. The fourth-order valence-electron chi connectivity index (χ4n) is 13.6. The number of carbonyl (C=O) groups is 5. The number of nitrogens with one attached hydrogen (secondary N) is 2. The van der Waals surface area contributed by atoms with Gasteiger partial charge in [0.25, 0.3) is 0 Å². The lowest BCUT2D eigenvalue weighted by atomic mass is 9.72. The van der Waals surface area contributed by atoms with Crippen LogP contribution < -0.4 is 20.4 Å². The lowest BCUT2D eigenvalue weighted by Gasteiger charge is -2.48. The molecule has 7 fully saturated rings. The van der Waals surface area contributed by atoms with Gasteiger partial charge in [0.1, 0.15) is 11.3 Å². The van der Waals surface area contributed by atoms with Gasteiger partial charge in [0, 0.05) is 92.4 Å². The quantitative estimate of drug-likeness (QED) is 0.151. The van der Waals surface area contributed by atoms with Gasteiger partial charge < -0.3 is 34.4 Å². The normalized spacial score (nSPS) is 25.6. The van der Waals surface area contributed by atoms with Crippen LogP contribution >= 0.6 is 0 Å².